The molecule has 0 aliphatic carbocycles. The van der Waals surface area contributed by atoms with E-state index in [4.69, 9.17) is 11.6 Å². The van der Waals surface area contributed by atoms with Crippen molar-refractivity contribution in [2.75, 3.05) is 13.1 Å². The number of hydrogen-bond acceptors (Lipinski definition) is 1. The fourth-order valence-electron chi connectivity index (χ4n) is 2.41. The number of nitrogens with one attached hydrogen (secondary N) is 2. The third-order valence-electron chi connectivity index (χ3n) is 3.19. The van der Waals surface area contributed by atoms with Gasteiger partial charge in [0.1, 0.15) is 0 Å². The van der Waals surface area contributed by atoms with E-state index in [0.717, 1.165) is 23.6 Å². The normalized spacial score (nSPS) is 21.3. The Morgan fingerprint density at radius 2 is 2.27 bits per heavy atom. The first-order chi connectivity index (χ1) is 7.36. The van der Waals surface area contributed by atoms with Crippen LogP contribution in [-0.2, 0) is 0 Å². The molecule has 0 amide bonds. The fraction of sp³-hybridized carbons (Fsp3) is 0.333. The number of fused-ring (bicyclic) bond motifs is 1. The van der Waals surface area contributed by atoms with Crippen molar-refractivity contribution in [1.29, 1.82) is 0 Å². The van der Waals surface area contributed by atoms with Crippen molar-refractivity contribution < 1.29 is 0 Å². The summed E-state index contributed by atoms with van der Waals surface area (Å²) in [5.41, 5.74) is 2.50. The van der Waals surface area contributed by atoms with Crippen LogP contribution in [0.25, 0.3) is 10.9 Å². The second-order valence-electron chi connectivity index (χ2n) is 4.10. The van der Waals surface area contributed by atoms with Crippen LogP contribution in [0.3, 0.4) is 0 Å². The molecule has 0 bridgehead atoms. The van der Waals surface area contributed by atoms with Crippen LogP contribution in [0.2, 0.25) is 5.02 Å². The maximum absolute atomic E-state index is 6.24. The highest BCUT2D eigenvalue weighted by Crippen LogP contribution is 2.33. The van der Waals surface area contributed by atoms with Gasteiger partial charge in [0, 0.05) is 23.6 Å². The van der Waals surface area contributed by atoms with Crippen molar-refractivity contribution in [1.82, 2.24) is 10.3 Å². The number of aromatic amines is 1. The number of benzene rings is 1. The SMILES string of the molecule is Clc1cccc2[nH]cc(C3CCNC3)c12. The van der Waals surface area contributed by atoms with Gasteiger partial charge in [0.25, 0.3) is 0 Å². The van der Waals surface area contributed by atoms with Crippen molar-refractivity contribution in [3.63, 3.8) is 0 Å². The first kappa shape index (κ1) is 9.25. The largest absolute Gasteiger partial charge is 0.361 e. The Hall–Kier alpha value is -0.990. The lowest BCUT2D eigenvalue weighted by Gasteiger charge is -2.07. The Labute approximate surface area is 93.6 Å². The van der Waals surface area contributed by atoms with Gasteiger partial charge in [-0.05, 0) is 36.6 Å². The average molecular weight is 221 g/mol. The predicted octanol–water partition coefficient (Wildman–Crippen LogP) is 2.90. The second kappa shape index (κ2) is 3.54. The van der Waals surface area contributed by atoms with Crippen molar-refractivity contribution in [3.05, 3.63) is 35.0 Å². The molecule has 2 heterocycles. The van der Waals surface area contributed by atoms with Crippen molar-refractivity contribution in [2.45, 2.75) is 12.3 Å². The van der Waals surface area contributed by atoms with E-state index >= 15 is 0 Å². The molecule has 2 N–H and O–H groups in total. The molecule has 0 radical (unpaired) electrons. The fourth-order valence-corrected chi connectivity index (χ4v) is 2.69. The molecule has 1 aromatic heterocycles. The lowest BCUT2D eigenvalue weighted by Crippen LogP contribution is -2.07. The topological polar surface area (TPSA) is 27.8 Å². The maximum Gasteiger partial charge on any atom is 0.0502 e. The summed E-state index contributed by atoms with van der Waals surface area (Å²) in [6, 6.07) is 6.02. The molecule has 1 fully saturated rings. The van der Waals surface area contributed by atoms with E-state index < -0.39 is 0 Å². The van der Waals surface area contributed by atoms with E-state index in [2.05, 4.69) is 22.6 Å². The molecule has 1 aromatic carbocycles. The van der Waals surface area contributed by atoms with Gasteiger partial charge >= 0.3 is 0 Å². The number of aromatic nitrogens is 1. The van der Waals surface area contributed by atoms with Gasteiger partial charge in [-0.2, -0.15) is 0 Å². The standard InChI is InChI=1S/C12H13ClN2/c13-10-2-1-3-11-12(10)9(7-15-11)8-4-5-14-6-8/h1-3,7-8,14-15H,4-6H2. The summed E-state index contributed by atoms with van der Waals surface area (Å²) >= 11 is 6.24. The average Bonchev–Trinajstić information content (AvgIpc) is 2.85. The van der Waals surface area contributed by atoms with Gasteiger partial charge in [-0.15, -0.1) is 0 Å². The third-order valence-corrected chi connectivity index (χ3v) is 3.50. The summed E-state index contributed by atoms with van der Waals surface area (Å²) in [5, 5.41) is 5.45. The number of rotatable bonds is 1. The molecule has 0 spiro atoms. The summed E-state index contributed by atoms with van der Waals surface area (Å²) in [4.78, 5) is 3.29. The van der Waals surface area contributed by atoms with Crippen molar-refractivity contribution in [2.24, 2.45) is 0 Å². The molecule has 1 aliphatic rings. The lowest BCUT2D eigenvalue weighted by atomic mass is 9.98. The van der Waals surface area contributed by atoms with Gasteiger partial charge in [0.05, 0.1) is 5.02 Å². The Morgan fingerprint density at radius 1 is 1.33 bits per heavy atom. The summed E-state index contributed by atoms with van der Waals surface area (Å²) in [5.74, 6) is 0.610. The van der Waals surface area contributed by atoms with Gasteiger partial charge in [-0.25, -0.2) is 0 Å². The molecular formula is C12H13ClN2. The molecule has 0 saturated carbocycles. The minimum absolute atomic E-state index is 0.610. The highest BCUT2D eigenvalue weighted by Gasteiger charge is 2.20. The molecule has 1 aliphatic heterocycles. The molecule has 1 unspecified atom stereocenters. The number of halogens is 1. The van der Waals surface area contributed by atoms with Crippen LogP contribution in [0.15, 0.2) is 24.4 Å². The van der Waals surface area contributed by atoms with Gasteiger partial charge in [0.15, 0.2) is 0 Å². The molecular weight excluding hydrogens is 208 g/mol. The second-order valence-corrected chi connectivity index (χ2v) is 4.50. The molecule has 1 atom stereocenters. The van der Waals surface area contributed by atoms with E-state index in [0.29, 0.717) is 5.92 Å². The van der Waals surface area contributed by atoms with Crippen LogP contribution in [0.1, 0.15) is 17.9 Å². The molecule has 1 saturated heterocycles. The Balaban J connectivity index is 2.18. The zero-order valence-electron chi connectivity index (χ0n) is 8.39. The van der Waals surface area contributed by atoms with Crippen LogP contribution >= 0.6 is 11.6 Å². The third kappa shape index (κ3) is 1.45. The van der Waals surface area contributed by atoms with Gasteiger partial charge < -0.3 is 10.3 Å². The summed E-state index contributed by atoms with van der Waals surface area (Å²) in [6.45, 7) is 2.18. The molecule has 2 nitrogen and oxygen atoms in total. The van der Waals surface area contributed by atoms with Gasteiger partial charge in [-0.1, -0.05) is 17.7 Å². The first-order valence-corrected chi connectivity index (χ1v) is 5.70. The first-order valence-electron chi connectivity index (χ1n) is 5.32. The summed E-state index contributed by atoms with van der Waals surface area (Å²) < 4.78 is 0. The molecule has 2 aromatic rings. The smallest absolute Gasteiger partial charge is 0.0502 e. The summed E-state index contributed by atoms with van der Waals surface area (Å²) in [6.07, 6.45) is 3.31. The highest BCUT2D eigenvalue weighted by atomic mass is 35.5. The summed E-state index contributed by atoms with van der Waals surface area (Å²) in [7, 11) is 0. The molecule has 3 rings (SSSR count). The maximum atomic E-state index is 6.24. The minimum Gasteiger partial charge on any atom is -0.361 e. The van der Waals surface area contributed by atoms with Crippen LogP contribution < -0.4 is 5.32 Å². The van der Waals surface area contributed by atoms with E-state index in [-0.39, 0.29) is 0 Å². The van der Waals surface area contributed by atoms with E-state index in [1.165, 1.54) is 17.4 Å². The Kier molecular flexibility index (Phi) is 2.19. The zero-order chi connectivity index (χ0) is 10.3. The zero-order valence-corrected chi connectivity index (χ0v) is 9.14. The molecule has 3 heteroatoms. The Morgan fingerprint density at radius 3 is 3.07 bits per heavy atom. The van der Waals surface area contributed by atoms with Crippen LogP contribution in [0, 0.1) is 0 Å². The number of hydrogen-bond donors (Lipinski definition) is 2. The van der Waals surface area contributed by atoms with Crippen molar-refractivity contribution in [3.8, 4) is 0 Å². The van der Waals surface area contributed by atoms with Gasteiger partial charge in [-0.3, -0.25) is 0 Å². The predicted molar refractivity (Wildman–Crippen MR) is 63.5 cm³/mol. The van der Waals surface area contributed by atoms with Crippen LogP contribution in [0.4, 0.5) is 0 Å². The number of H-pyrrole nitrogens is 1. The minimum atomic E-state index is 0.610. The monoisotopic (exact) mass is 220 g/mol. The van der Waals surface area contributed by atoms with Crippen LogP contribution in [0.5, 0.6) is 0 Å². The van der Waals surface area contributed by atoms with E-state index in [1.807, 2.05) is 12.1 Å². The van der Waals surface area contributed by atoms with Crippen molar-refractivity contribution >= 4 is 22.5 Å². The van der Waals surface area contributed by atoms with Gasteiger partial charge in [0.2, 0.25) is 0 Å². The lowest BCUT2D eigenvalue weighted by molar-refractivity contribution is 0.770. The highest BCUT2D eigenvalue weighted by molar-refractivity contribution is 6.35. The van der Waals surface area contributed by atoms with E-state index in [9.17, 15) is 0 Å². The molecule has 15 heavy (non-hydrogen) atoms. The van der Waals surface area contributed by atoms with Crippen LogP contribution in [-0.4, -0.2) is 18.1 Å². The molecule has 78 valence electrons. The quantitative estimate of drug-likeness (QED) is 0.760. The van der Waals surface area contributed by atoms with E-state index in [1.54, 1.807) is 0 Å². The Bertz CT molecular complexity index is 483.